The minimum atomic E-state index is 0.246. The van der Waals surface area contributed by atoms with Crippen molar-refractivity contribution in [1.29, 1.82) is 0 Å². The number of aromatic nitrogens is 5. The second-order valence-electron chi connectivity index (χ2n) is 3.29. The molecule has 6 heteroatoms. The lowest BCUT2D eigenvalue weighted by atomic mass is 10.4. The first-order chi connectivity index (χ1) is 7.25. The SMILES string of the molecule is CC(Br)c1cn(CCn2cccn2)nn1. The van der Waals surface area contributed by atoms with Crippen LogP contribution in [0, 0.1) is 0 Å². The van der Waals surface area contributed by atoms with Crippen LogP contribution in [0.3, 0.4) is 0 Å². The summed E-state index contributed by atoms with van der Waals surface area (Å²) in [5.74, 6) is 0. The van der Waals surface area contributed by atoms with Crippen molar-refractivity contribution < 1.29 is 0 Å². The molecular weight excluding hydrogens is 258 g/mol. The lowest BCUT2D eigenvalue weighted by molar-refractivity contribution is 0.490. The Labute approximate surface area is 96.2 Å². The van der Waals surface area contributed by atoms with Crippen LogP contribution < -0.4 is 0 Å². The molecule has 0 bridgehead atoms. The molecule has 80 valence electrons. The van der Waals surface area contributed by atoms with E-state index in [-0.39, 0.29) is 4.83 Å². The molecule has 0 N–H and O–H groups in total. The van der Waals surface area contributed by atoms with Gasteiger partial charge in [-0.25, -0.2) is 0 Å². The van der Waals surface area contributed by atoms with E-state index in [0.29, 0.717) is 0 Å². The molecule has 15 heavy (non-hydrogen) atoms. The largest absolute Gasteiger partial charge is 0.271 e. The summed E-state index contributed by atoms with van der Waals surface area (Å²) in [4.78, 5) is 0.246. The summed E-state index contributed by atoms with van der Waals surface area (Å²) >= 11 is 3.45. The number of alkyl halides is 1. The van der Waals surface area contributed by atoms with Gasteiger partial charge >= 0.3 is 0 Å². The maximum atomic E-state index is 4.12. The molecule has 2 aromatic heterocycles. The van der Waals surface area contributed by atoms with Crippen molar-refractivity contribution in [3.8, 4) is 0 Å². The molecule has 0 fully saturated rings. The normalized spacial score (nSPS) is 12.9. The summed E-state index contributed by atoms with van der Waals surface area (Å²) in [5.41, 5.74) is 0.954. The lowest BCUT2D eigenvalue weighted by Gasteiger charge is -2.00. The van der Waals surface area contributed by atoms with Crippen molar-refractivity contribution in [3.05, 3.63) is 30.4 Å². The second-order valence-corrected chi connectivity index (χ2v) is 4.67. The van der Waals surface area contributed by atoms with E-state index in [1.165, 1.54) is 0 Å². The Morgan fingerprint density at radius 3 is 2.80 bits per heavy atom. The monoisotopic (exact) mass is 269 g/mol. The van der Waals surface area contributed by atoms with E-state index >= 15 is 0 Å². The Morgan fingerprint density at radius 2 is 2.20 bits per heavy atom. The highest BCUT2D eigenvalue weighted by atomic mass is 79.9. The molecular formula is C9H12BrN5. The highest BCUT2D eigenvalue weighted by Gasteiger charge is 2.05. The molecule has 0 aliphatic heterocycles. The fourth-order valence-corrected chi connectivity index (χ4v) is 1.45. The van der Waals surface area contributed by atoms with Gasteiger partial charge in [0, 0.05) is 18.6 Å². The van der Waals surface area contributed by atoms with E-state index in [1.54, 1.807) is 6.20 Å². The third-order valence-electron chi connectivity index (χ3n) is 2.08. The standard InChI is InChI=1S/C9H12BrN5/c1-8(10)9-7-15(13-12-9)6-5-14-4-2-3-11-14/h2-4,7-8H,5-6H2,1H3. The van der Waals surface area contributed by atoms with Gasteiger partial charge in [0.25, 0.3) is 0 Å². The third kappa shape index (κ3) is 2.65. The first kappa shape index (κ1) is 10.4. The van der Waals surface area contributed by atoms with Gasteiger partial charge in [-0.1, -0.05) is 21.1 Å². The average Bonchev–Trinajstić information content (AvgIpc) is 2.86. The van der Waals surface area contributed by atoms with Gasteiger partial charge in [-0.05, 0) is 13.0 Å². The van der Waals surface area contributed by atoms with Crippen LogP contribution in [0.2, 0.25) is 0 Å². The first-order valence-corrected chi connectivity index (χ1v) is 5.69. The number of halogens is 1. The van der Waals surface area contributed by atoms with Gasteiger partial charge in [0.15, 0.2) is 0 Å². The van der Waals surface area contributed by atoms with Gasteiger partial charge in [-0.3, -0.25) is 9.36 Å². The maximum Gasteiger partial charge on any atom is 0.0960 e. The molecule has 2 heterocycles. The molecule has 0 saturated heterocycles. The smallest absolute Gasteiger partial charge is 0.0960 e. The molecule has 5 nitrogen and oxygen atoms in total. The number of hydrogen-bond donors (Lipinski definition) is 0. The molecule has 0 saturated carbocycles. The second kappa shape index (κ2) is 4.57. The van der Waals surface area contributed by atoms with E-state index in [4.69, 9.17) is 0 Å². The van der Waals surface area contributed by atoms with Crippen molar-refractivity contribution in [2.75, 3.05) is 0 Å². The summed E-state index contributed by atoms with van der Waals surface area (Å²) < 4.78 is 3.70. The molecule has 0 aromatic carbocycles. The summed E-state index contributed by atoms with van der Waals surface area (Å²) in [7, 11) is 0. The Morgan fingerprint density at radius 1 is 1.40 bits per heavy atom. The average molecular weight is 270 g/mol. The van der Waals surface area contributed by atoms with Gasteiger partial charge in [0.1, 0.15) is 0 Å². The van der Waals surface area contributed by atoms with Crippen LogP contribution >= 0.6 is 15.9 Å². The molecule has 0 spiro atoms. The van der Waals surface area contributed by atoms with Crippen LogP contribution in [0.5, 0.6) is 0 Å². The number of aryl methyl sites for hydroxylation is 2. The fourth-order valence-electron chi connectivity index (χ4n) is 1.24. The summed E-state index contributed by atoms with van der Waals surface area (Å²) in [5, 5.41) is 12.2. The van der Waals surface area contributed by atoms with Gasteiger partial charge in [-0.2, -0.15) is 5.10 Å². The minimum absolute atomic E-state index is 0.246. The molecule has 0 aliphatic carbocycles. The zero-order valence-electron chi connectivity index (χ0n) is 8.41. The lowest BCUT2D eigenvalue weighted by Crippen LogP contribution is -2.08. The molecule has 0 aliphatic rings. The Kier molecular flexibility index (Phi) is 3.15. The van der Waals surface area contributed by atoms with Gasteiger partial charge < -0.3 is 0 Å². The predicted octanol–water partition coefficient (Wildman–Crippen LogP) is 1.63. The van der Waals surface area contributed by atoms with Crippen molar-refractivity contribution in [3.63, 3.8) is 0 Å². The number of rotatable bonds is 4. The third-order valence-corrected chi connectivity index (χ3v) is 2.55. The molecule has 0 radical (unpaired) electrons. The molecule has 1 unspecified atom stereocenters. The number of hydrogen-bond acceptors (Lipinski definition) is 3. The zero-order valence-corrected chi connectivity index (χ0v) is 10.0. The summed E-state index contributed by atoms with van der Waals surface area (Å²) in [6.45, 7) is 3.63. The van der Waals surface area contributed by atoms with Crippen LogP contribution in [0.4, 0.5) is 0 Å². The Balaban J connectivity index is 1.94. The van der Waals surface area contributed by atoms with Gasteiger partial charge in [-0.15, -0.1) is 5.10 Å². The highest BCUT2D eigenvalue weighted by molar-refractivity contribution is 9.09. The van der Waals surface area contributed by atoms with Crippen LogP contribution in [-0.4, -0.2) is 24.8 Å². The summed E-state index contributed by atoms with van der Waals surface area (Å²) in [6.07, 6.45) is 5.65. The van der Waals surface area contributed by atoms with Crippen LogP contribution in [-0.2, 0) is 13.1 Å². The van der Waals surface area contributed by atoms with E-state index in [9.17, 15) is 0 Å². The van der Waals surface area contributed by atoms with Crippen molar-refractivity contribution in [1.82, 2.24) is 24.8 Å². The molecule has 2 rings (SSSR count). The topological polar surface area (TPSA) is 48.5 Å². The predicted molar refractivity (Wildman–Crippen MR) is 59.6 cm³/mol. The van der Waals surface area contributed by atoms with E-state index in [1.807, 2.05) is 34.7 Å². The quantitative estimate of drug-likeness (QED) is 0.793. The van der Waals surface area contributed by atoms with Crippen molar-refractivity contribution in [2.24, 2.45) is 0 Å². The molecule has 1 atom stereocenters. The Bertz CT molecular complexity index is 406. The maximum absolute atomic E-state index is 4.12. The van der Waals surface area contributed by atoms with Crippen LogP contribution in [0.25, 0.3) is 0 Å². The van der Waals surface area contributed by atoms with E-state index < -0.39 is 0 Å². The van der Waals surface area contributed by atoms with E-state index in [2.05, 4.69) is 31.3 Å². The minimum Gasteiger partial charge on any atom is -0.271 e. The molecule has 0 amide bonds. The first-order valence-electron chi connectivity index (χ1n) is 4.77. The fraction of sp³-hybridized carbons (Fsp3) is 0.444. The zero-order chi connectivity index (χ0) is 10.7. The van der Waals surface area contributed by atoms with Crippen molar-refractivity contribution in [2.45, 2.75) is 24.8 Å². The van der Waals surface area contributed by atoms with Crippen molar-refractivity contribution >= 4 is 15.9 Å². The number of nitrogens with zero attached hydrogens (tertiary/aromatic N) is 5. The van der Waals surface area contributed by atoms with Gasteiger partial charge in [0.05, 0.1) is 23.6 Å². The Hall–Kier alpha value is -1.17. The highest BCUT2D eigenvalue weighted by Crippen LogP contribution is 2.17. The van der Waals surface area contributed by atoms with Crippen LogP contribution in [0.15, 0.2) is 24.7 Å². The van der Waals surface area contributed by atoms with E-state index in [0.717, 1.165) is 18.8 Å². The molecule has 2 aromatic rings. The van der Waals surface area contributed by atoms with Gasteiger partial charge in [0.2, 0.25) is 0 Å². The summed E-state index contributed by atoms with van der Waals surface area (Å²) in [6, 6.07) is 1.91. The van der Waals surface area contributed by atoms with Crippen LogP contribution in [0.1, 0.15) is 17.4 Å².